The van der Waals surface area contributed by atoms with Gasteiger partial charge in [-0.1, -0.05) is 42.0 Å². The Hall–Kier alpha value is -2.39. The van der Waals surface area contributed by atoms with Gasteiger partial charge in [0.2, 0.25) is 0 Å². The van der Waals surface area contributed by atoms with Crippen LogP contribution in [0.5, 0.6) is 5.75 Å². The molecule has 3 heteroatoms. The Labute approximate surface area is 124 Å². The zero-order chi connectivity index (χ0) is 15.2. The number of aliphatic hydroxyl groups excluding tert-OH is 1. The van der Waals surface area contributed by atoms with E-state index in [-0.39, 0.29) is 12.4 Å². The first kappa shape index (κ1) is 15.0. The van der Waals surface area contributed by atoms with Crippen molar-refractivity contribution in [1.29, 1.82) is 0 Å². The summed E-state index contributed by atoms with van der Waals surface area (Å²) in [5.41, 5.74) is 3.35. The molecule has 1 N–H and O–H groups in total. The number of carbonyl (C=O) groups excluding carboxylic acids is 1. The average Bonchev–Trinajstić information content (AvgIpc) is 2.53. The molecule has 0 aliphatic rings. The van der Waals surface area contributed by atoms with E-state index in [4.69, 9.17) is 9.84 Å². The highest BCUT2D eigenvalue weighted by atomic mass is 16.5. The summed E-state index contributed by atoms with van der Waals surface area (Å²) in [4.78, 5) is 12.2. The molecule has 0 amide bonds. The van der Waals surface area contributed by atoms with E-state index < -0.39 is 0 Å². The van der Waals surface area contributed by atoms with Gasteiger partial charge in [-0.3, -0.25) is 4.79 Å². The van der Waals surface area contributed by atoms with Crippen molar-refractivity contribution in [3.63, 3.8) is 0 Å². The standard InChI is InChI=1S/C18H18O3/c1-13-3-5-14(6-4-13)8-10-17(20)16-9-7-15(12-19)11-18(16)21-2/h3-11,19H,12H2,1-2H3/b10-8+. The van der Waals surface area contributed by atoms with Gasteiger partial charge >= 0.3 is 0 Å². The summed E-state index contributed by atoms with van der Waals surface area (Å²) in [5, 5.41) is 9.11. The fraction of sp³-hybridized carbons (Fsp3) is 0.167. The summed E-state index contributed by atoms with van der Waals surface area (Å²) in [5.74, 6) is 0.344. The number of ether oxygens (including phenoxy) is 1. The highest BCUT2D eigenvalue weighted by Crippen LogP contribution is 2.21. The Morgan fingerprint density at radius 2 is 1.90 bits per heavy atom. The SMILES string of the molecule is COc1cc(CO)ccc1C(=O)/C=C/c1ccc(C)cc1. The molecule has 0 heterocycles. The minimum Gasteiger partial charge on any atom is -0.496 e. The van der Waals surface area contributed by atoms with E-state index in [1.807, 2.05) is 31.2 Å². The number of aryl methyl sites for hydroxylation is 1. The maximum Gasteiger partial charge on any atom is 0.189 e. The van der Waals surface area contributed by atoms with E-state index in [0.29, 0.717) is 16.9 Å². The first-order valence-electron chi connectivity index (χ1n) is 6.71. The van der Waals surface area contributed by atoms with Crippen LogP contribution in [0.1, 0.15) is 27.0 Å². The van der Waals surface area contributed by atoms with Crippen molar-refractivity contribution >= 4 is 11.9 Å². The normalized spacial score (nSPS) is 10.8. The summed E-state index contributed by atoms with van der Waals surface area (Å²) >= 11 is 0. The number of benzene rings is 2. The van der Waals surface area contributed by atoms with Gasteiger partial charge in [-0.05, 0) is 36.3 Å². The molecule has 0 aromatic heterocycles. The Kier molecular flexibility index (Phi) is 4.90. The average molecular weight is 282 g/mol. The molecular formula is C18H18O3. The number of aliphatic hydroxyl groups is 1. The monoisotopic (exact) mass is 282 g/mol. The highest BCUT2D eigenvalue weighted by molar-refractivity contribution is 6.08. The fourth-order valence-electron chi connectivity index (χ4n) is 1.98. The Morgan fingerprint density at radius 1 is 1.19 bits per heavy atom. The molecule has 108 valence electrons. The lowest BCUT2D eigenvalue weighted by molar-refractivity contribution is 0.104. The van der Waals surface area contributed by atoms with Crippen LogP contribution in [-0.2, 0) is 6.61 Å². The summed E-state index contributed by atoms with van der Waals surface area (Å²) in [7, 11) is 1.51. The quantitative estimate of drug-likeness (QED) is 0.675. The molecule has 2 aromatic rings. The molecule has 0 fully saturated rings. The molecule has 0 radical (unpaired) electrons. The van der Waals surface area contributed by atoms with E-state index in [1.165, 1.54) is 18.7 Å². The van der Waals surface area contributed by atoms with Crippen molar-refractivity contribution in [1.82, 2.24) is 0 Å². The third kappa shape index (κ3) is 3.80. The van der Waals surface area contributed by atoms with E-state index in [1.54, 1.807) is 24.3 Å². The van der Waals surface area contributed by atoms with Gasteiger partial charge in [-0.2, -0.15) is 0 Å². The van der Waals surface area contributed by atoms with Gasteiger partial charge in [-0.25, -0.2) is 0 Å². The molecular weight excluding hydrogens is 264 g/mol. The van der Waals surface area contributed by atoms with Crippen LogP contribution in [0, 0.1) is 6.92 Å². The minimum atomic E-state index is -0.128. The zero-order valence-electron chi connectivity index (χ0n) is 12.2. The van der Waals surface area contributed by atoms with Crippen molar-refractivity contribution in [2.45, 2.75) is 13.5 Å². The lowest BCUT2D eigenvalue weighted by Crippen LogP contribution is -2.00. The topological polar surface area (TPSA) is 46.5 Å². The largest absolute Gasteiger partial charge is 0.496 e. The molecule has 0 saturated heterocycles. The van der Waals surface area contributed by atoms with E-state index in [9.17, 15) is 4.79 Å². The van der Waals surface area contributed by atoms with Gasteiger partial charge in [0.15, 0.2) is 5.78 Å². The van der Waals surface area contributed by atoms with Crippen molar-refractivity contribution in [2.75, 3.05) is 7.11 Å². The molecule has 0 bridgehead atoms. The second-order valence-electron chi connectivity index (χ2n) is 4.80. The van der Waals surface area contributed by atoms with E-state index in [2.05, 4.69) is 0 Å². The smallest absolute Gasteiger partial charge is 0.189 e. The lowest BCUT2D eigenvalue weighted by Gasteiger charge is -2.07. The van der Waals surface area contributed by atoms with Gasteiger partial charge in [0.05, 0.1) is 19.3 Å². The molecule has 3 nitrogen and oxygen atoms in total. The van der Waals surface area contributed by atoms with Crippen LogP contribution in [0.4, 0.5) is 0 Å². The summed E-state index contributed by atoms with van der Waals surface area (Å²) < 4.78 is 5.21. The van der Waals surface area contributed by atoms with Crippen LogP contribution in [-0.4, -0.2) is 18.0 Å². The minimum absolute atomic E-state index is 0.0793. The Balaban J connectivity index is 2.22. The first-order valence-corrected chi connectivity index (χ1v) is 6.71. The molecule has 21 heavy (non-hydrogen) atoms. The molecule has 2 rings (SSSR count). The number of rotatable bonds is 5. The van der Waals surface area contributed by atoms with Gasteiger partial charge in [0, 0.05) is 0 Å². The van der Waals surface area contributed by atoms with Crippen LogP contribution in [0.15, 0.2) is 48.5 Å². The third-order valence-corrected chi connectivity index (χ3v) is 3.22. The van der Waals surface area contributed by atoms with Crippen LogP contribution in [0.2, 0.25) is 0 Å². The number of hydrogen-bond acceptors (Lipinski definition) is 3. The number of methoxy groups -OCH3 is 1. The van der Waals surface area contributed by atoms with Crippen LogP contribution >= 0.6 is 0 Å². The zero-order valence-corrected chi connectivity index (χ0v) is 12.2. The molecule has 0 atom stereocenters. The van der Waals surface area contributed by atoms with E-state index in [0.717, 1.165) is 5.56 Å². The van der Waals surface area contributed by atoms with E-state index >= 15 is 0 Å². The Bertz CT molecular complexity index is 655. The van der Waals surface area contributed by atoms with Crippen LogP contribution in [0.3, 0.4) is 0 Å². The van der Waals surface area contributed by atoms with Crippen molar-refractivity contribution in [2.24, 2.45) is 0 Å². The van der Waals surface area contributed by atoms with Gasteiger partial charge < -0.3 is 9.84 Å². The molecule has 0 saturated carbocycles. The van der Waals surface area contributed by atoms with Crippen LogP contribution in [0.25, 0.3) is 6.08 Å². The lowest BCUT2D eigenvalue weighted by atomic mass is 10.1. The number of carbonyl (C=O) groups is 1. The second kappa shape index (κ2) is 6.86. The first-order chi connectivity index (χ1) is 10.1. The summed E-state index contributed by atoms with van der Waals surface area (Å²) in [6, 6.07) is 13.0. The predicted molar refractivity (Wildman–Crippen MR) is 83.5 cm³/mol. The van der Waals surface area contributed by atoms with Gasteiger partial charge in [-0.15, -0.1) is 0 Å². The number of ketones is 1. The predicted octanol–water partition coefficient (Wildman–Crippen LogP) is 3.39. The van der Waals surface area contributed by atoms with Crippen LogP contribution < -0.4 is 4.74 Å². The number of allylic oxidation sites excluding steroid dienone is 1. The third-order valence-electron chi connectivity index (χ3n) is 3.22. The summed E-state index contributed by atoms with van der Waals surface area (Å²) in [6.07, 6.45) is 3.31. The summed E-state index contributed by atoms with van der Waals surface area (Å²) in [6.45, 7) is 1.94. The molecule has 0 aliphatic carbocycles. The molecule has 0 unspecified atom stereocenters. The fourth-order valence-corrected chi connectivity index (χ4v) is 1.98. The highest BCUT2D eigenvalue weighted by Gasteiger charge is 2.10. The van der Waals surface area contributed by atoms with Gasteiger partial charge in [0.25, 0.3) is 0 Å². The Morgan fingerprint density at radius 3 is 2.52 bits per heavy atom. The maximum atomic E-state index is 12.2. The molecule has 2 aromatic carbocycles. The molecule has 0 spiro atoms. The van der Waals surface area contributed by atoms with Gasteiger partial charge in [0.1, 0.15) is 5.75 Å². The molecule has 0 aliphatic heterocycles. The number of hydrogen-bond donors (Lipinski definition) is 1. The second-order valence-corrected chi connectivity index (χ2v) is 4.80. The van der Waals surface area contributed by atoms with Crippen molar-refractivity contribution in [3.8, 4) is 5.75 Å². The van der Waals surface area contributed by atoms with Crippen molar-refractivity contribution in [3.05, 3.63) is 70.8 Å². The maximum absolute atomic E-state index is 12.2. The van der Waals surface area contributed by atoms with Crippen molar-refractivity contribution < 1.29 is 14.6 Å².